The van der Waals surface area contributed by atoms with E-state index in [4.69, 9.17) is 5.73 Å². The molecule has 1 aromatic heterocycles. The SMILES string of the molecule is NC1(c2ccccn2)CCC(F)(F)CC1. The van der Waals surface area contributed by atoms with E-state index in [1.54, 1.807) is 12.3 Å². The van der Waals surface area contributed by atoms with Gasteiger partial charge in [-0.05, 0) is 25.0 Å². The van der Waals surface area contributed by atoms with Crippen molar-refractivity contribution in [3.05, 3.63) is 30.1 Å². The van der Waals surface area contributed by atoms with Crippen LogP contribution in [0.4, 0.5) is 8.78 Å². The second-order valence-electron chi connectivity index (χ2n) is 4.23. The monoisotopic (exact) mass is 212 g/mol. The van der Waals surface area contributed by atoms with Crippen molar-refractivity contribution >= 4 is 0 Å². The summed E-state index contributed by atoms with van der Waals surface area (Å²) in [5, 5.41) is 0. The quantitative estimate of drug-likeness (QED) is 0.776. The van der Waals surface area contributed by atoms with E-state index in [0.29, 0.717) is 12.8 Å². The summed E-state index contributed by atoms with van der Waals surface area (Å²) in [6.07, 6.45) is 1.98. The largest absolute Gasteiger partial charge is 0.320 e. The van der Waals surface area contributed by atoms with Crippen LogP contribution >= 0.6 is 0 Å². The van der Waals surface area contributed by atoms with Gasteiger partial charge in [-0.15, -0.1) is 0 Å². The number of hydrogen-bond donors (Lipinski definition) is 1. The molecule has 0 atom stereocenters. The van der Waals surface area contributed by atoms with Crippen molar-refractivity contribution in [2.24, 2.45) is 5.73 Å². The van der Waals surface area contributed by atoms with Gasteiger partial charge in [0.1, 0.15) is 0 Å². The average Bonchev–Trinajstić information content (AvgIpc) is 2.24. The zero-order chi connectivity index (χ0) is 10.9. The van der Waals surface area contributed by atoms with Gasteiger partial charge in [-0.1, -0.05) is 6.07 Å². The molecule has 2 N–H and O–H groups in total. The smallest absolute Gasteiger partial charge is 0.248 e. The first-order chi connectivity index (χ1) is 7.02. The van der Waals surface area contributed by atoms with Crippen LogP contribution in [-0.4, -0.2) is 10.9 Å². The van der Waals surface area contributed by atoms with Gasteiger partial charge < -0.3 is 5.73 Å². The van der Waals surface area contributed by atoms with Crippen molar-refractivity contribution in [2.45, 2.75) is 37.1 Å². The summed E-state index contributed by atoms with van der Waals surface area (Å²) < 4.78 is 26.0. The average molecular weight is 212 g/mol. The molecule has 15 heavy (non-hydrogen) atoms. The third-order valence-electron chi connectivity index (χ3n) is 3.05. The highest BCUT2D eigenvalue weighted by Crippen LogP contribution is 2.41. The molecule has 0 bridgehead atoms. The summed E-state index contributed by atoms with van der Waals surface area (Å²) in [5.41, 5.74) is 6.16. The van der Waals surface area contributed by atoms with Crippen LogP contribution in [-0.2, 0) is 5.54 Å². The molecule has 0 unspecified atom stereocenters. The zero-order valence-electron chi connectivity index (χ0n) is 8.42. The number of nitrogens with zero attached hydrogens (tertiary/aromatic N) is 1. The molecule has 2 nitrogen and oxygen atoms in total. The number of alkyl halides is 2. The summed E-state index contributed by atoms with van der Waals surface area (Å²) in [7, 11) is 0. The highest BCUT2D eigenvalue weighted by Gasteiger charge is 2.42. The van der Waals surface area contributed by atoms with E-state index in [9.17, 15) is 8.78 Å². The van der Waals surface area contributed by atoms with Crippen molar-refractivity contribution in [3.63, 3.8) is 0 Å². The summed E-state index contributed by atoms with van der Waals surface area (Å²) >= 11 is 0. The predicted molar refractivity (Wildman–Crippen MR) is 53.5 cm³/mol. The predicted octanol–water partition coefficient (Wildman–Crippen LogP) is 2.44. The van der Waals surface area contributed by atoms with Gasteiger partial charge in [0.15, 0.2) is 0 Å². The molecule has 4 heteroatoms. The Hall–Kier alpha value is -1.03. The van der Waals surface area contributed by atoms with Crippen molar-refractivity contribution < 1.29 is 8.78 Å². The van der Waals surface area contributed by atoms with E-state index >= 15 is 0 Å². The second kappa shape index (κ2) is 3.52. The van der Waals surface area contributed by atoms with Gasteiger partial charge in [0.2, 0.25) is 5.92 Å². The first kappa shape index (κ1) is 10.5. The molecule has 1 heterocycles. The maximum atomic E-state index is 13.0. The Morgan fingerprint density at radius 2 is 1.80 bits per heavy atom. The fourth-order valence-corrected chi connectivity index (χ4v) is 1.98. The molecule has 0 aliphatic heterocycles. The van der Waals surface area contributed by atoms with Crippen LogP contribution in [0, 0.1) is 0 Å². The molecule has 1 aromatic rings. The molecule has 82 valence electrons. The molecule has 1 aliphatic carbocycles. The number of halogens is 2. The topological polar surface area (TPSA) is 38.9 Å². The summed E-state index contributed by atoms with van der Waals surface area (Å²) in [6, 6.07) is 5.44. The molecule has 2 rings (SSSR count). The van der Waals surface area contributed by atoms with Crippen LogP contribution in [0.15, 0.2) is 24.4 Å². The second-order valence-corrected chi connectivity index (χ2v) is 4.23. The minimum Gasteiger partial charge on any atom is -0.320 e. The van der Waals surface area contributed by atoms with Gasteiger partial charge in [0.25, 0.3) is 0 Å². The van der Waals surface area contributed by atoms with Crippen molar-refractivity contribution in [3.8, 4) is 0 Å². The molecule has 0 saturated heterocycles. The maximum absolute atomic E-state index is 13.0. The van der Waals surface area contributed by atoms with Crippen molar-refractivity contribution in [1.29, 1.82) is 0 Å². The lowest BCUT2D eigenvalue weighted by Gasteiger charge is -2.36. The first-order valence-corrected chi connectivity index (χ1v) is 5.10. The Bertz CT molecular complexity index is 328. The van der Waals surface area contributed by atoms with Crippen molar-refractivity contribution in [2.75, 3.05) is 0 Å². The van der Waals surface area contributed by atoms with Crippen LogP contribution in [0.3, 0.4) is 0 Å². The zero-order valence-corrected chi connectivity index (χ0v) is 8.42. The lowest BCUT2D eigenvalue weighted by molar-refractivity contribution is -0.0519. The highest BCUT2D eigenvalue weighted by atomic mass is 19.3. The van der Waals surface area contributed by atoms with E-state index in [1.807, 2.05) is 12.1 Å². The van der Waals surface area contributed by atoms with E-state index in [-0.39, 0.29) is 12.8 Å². The normalized spacial score (nSPS) is 23.7. The highest BCUT2D eigenvalue weighted by molar-refractivity contribution is 5.16. The number of aromatic nitrogens is 1. The standard InChI is InChI=1S/C11H14F2N2/c12-11(13)6-4-10(14,5-7-11)9-3-1-2-8-15-9/h1-3,8H,4-7,14H2. The Morgan fingerprint density at radius 3 is 2.33 bits per heavy atom. The number of pyridine rings is 1. The van der Waals surface area contributed by atoms with Crippen LogP contribution < -0.4 is 5.73 Å². The molecular weight excluding hydrogens is 198 g/mol. The maximum Gasteiger partial charge on any atom is 0.248 e. The van der Waals surface area contributed by atoms with Gasteiger partial charge in [-0.25, -0.2) is 8.78 Å². The Kier molecular flexibility index (Phi) is 2.46. The van der Waals surface area contributed by atoms with Gasteiger partial charge in [0.05, 0.1) is 11.2 Å². The van der Waals surface area contributed by atoms with Crippen LogP contribution in [0.5, 0.6) is 0 Å². The Labute approximate surface area is 87.5 Å². The van der Waals surface area contributed by atoms with Crippen molar-refractivity contribution in [1.82, 2.24) is 4.98 Å². The summed E-state index contributed by atoms with van der Waals surface area (Å²) in [5.74, 6) is -2.54. The Balaban J connectivity index is 2.17. The summed E-state index contributed by atoms with van der Waals surface area (Å²) in [6.45, 7) is 0. The van der Waals surface area contributed by atoms with E-state index < -0.39 is 11.5 Å². The van der Waals surface area contributed by atoms with E-state index in [2.05, 4.69) is 4.98 Å². The van der Waals surface area contributed by atoms with E-state index in [0.717, 1.165) is 5.69 Å². The minimum absolute atomic E-state index is 0.139. The van der Waals surface area contributed by atoms with E-state index in [1.165, 1.54) is 0 Å². The molecule has 0 aromatic carbocycles. The number of rotatable bonds is 1. The summed E-state index contributed by atoms with van der Waals surface area (Å²) in [4.78, 5) is 4.15. The van der Waals surface area contributed by atoms with Crippen LogP contribution in [0.25, 0.3) is 0 Å². The van der Waals surface area contributed by atoms with Gasteiger partial charge >= 0.3 is 0 Å². The minimum atomic E-state index is -2.54. The molecule has 1 fully saturated rings. The molecule has 1 aliphatic rings. The third-order valence-corrected chi connectivity index (χ3v) is 3.05. The molecule has 0 radical (unpaired) electrons. The van der Waals surface area contributed by atoms with Crippen LogP contribution in [0.2, 0.25) is 0 Å². The van der Waals surface area contributed by atoms with Crippen LogP contribution in [0.1, 0.15) is 31.4 Å². The number of hydrogen-bond acceptors (Lipinski definition) is 2. The first-order valence-electron chi connectivity index (χ1n) is 5.10. The fourth-order valence-electron chi connectivity index (χ4n) is 1.98. The lowest BCUT2D eigenvalue weighted by atomic mass is 9.78. The molecular formula is C11H14F2N2. The van der Waals surface area contributed by atoms with Gasteiger partial charge in [0, 0.05) is 19.0 Å². The third kappa shape index (κ3) is 2.15. The van der Waals surface area contributed by atoms with Gasteiger partial charge in [-0.2, -0.15) is 0 Å². The molecule has 0 spiro atoms. The molecule has 1 saturated carbocycles. The Morgan fingerprint density at radius 1 is 1.13 bits per heavy atom. The lowest BCUT2D eigenvalue weighted by Crippen LogP contribution is -2.44. The fraction of sp³-hybridized carbons (Fsp3) is 0.545. The number of nitrogens with two attached hydrogens (primary N) is 1. The van der Waals surface area contributed by atoms with Gasteiger partial charge in [-0.3, -0.25) is 4.98 Å². The molecule has 0 amide bonds.